The highest BCUT2D eigenvalue weighted by molar-refractivity contribution is 5.87. The van der Waals surface area contributed by atoms with Gasteiger partial charge in [-0.2, -0.15) is 0 Å². The van der Waals surface area contributed by atoms with Gasteiger partial charge in [0.25, 0.3) is 0 Å². The second-order valence-electron chi connectivity index (χ2n) is 9.29. The van der Waals surface area contributed by atoms with Crippen LogP contribution in [0.3, 0.4) is 0 Å². The third kappa shape index (κ3) is 15.0. The molecule has 0 fully saturated rings. The second kappa shape index (κ2) is 12.9. The molecule has 0 aliphatic carbocycles. The number of amides is 2. The third-order valence-corrected chi connectivity index (χ3v) is 3.57. The lowest BCUT2D eigenvalue weighted by molar-refractivity contribution is -0.160. The molecule has 2 amide bonds. The van der Waals surface area contributed by atoms with Crippen LogP contribution >= 0.6 is 12.4 Å². The minimum atomic E-state index is -0.744. The summed E-state index contributed by atoms with van der Waals surface area (Å²) in [6, 6.07) is -1.48. The zero-order valence-electron chi connectivity index (χ0n) is 19.1. The first-order valence-electron chi connectivity index (χ1n) is 9.88. The number of hydrogen-bond acceptors (Lipinski definition) is 6. The standard InChI is InChI=1S/C20H39N3O5.ClH/c1-13(2)15(17(25)27-19(3,4)5)23-16(24)14(21)11-9-10-12-22-18(26)28-20(6,7)8;/h13-15H,9-12,21H2,1-8H3,(H,22,26)(H,23,24);1H/t14-,15-;/m0./s1. The Balaban J connectivity index is 0. The molecule has 0 rings (SSSR count). The van der Waals surface area contributed by atoms with Gasteiger partial charge in [0.1, 0.15) is 17.2 Å². The Morgan fingerprint density at radius 3 is 1.90 bits per heavy atom. The average Bonchev–Trinajstić information content (AvgIpc) is 2.47. The normalized spacial score (nSPS) is 13.7. The lowest BCUT2D eigenvalue weighted by atomic mass is 10.0. The summed E-state index contributed by atoms with van der Waals surface area (Å²) in [5, 5.41) is 5.36. The molecule has 0 aliphatic rings. The molecule has 0 aromatic heterocycles. The fraction of sp³-hybridized carbons (Fsp3) is 0.850. The van der Waals surface area contributed by atoms with Crippen LogP contribution in [0.25, 0.3) is 0 Å². The van der Waals surface area contributed by atoms with Crippen LogP contribution in [0.15, 0.2) is 0 Å². The molecule has 0 saturated heterocycles. The number of carbonyl (C=O) groups is 3. The van der Waals surface area contributed by atoms with Crippen LogP contribution in [0.2, 0.25) is 0 Å². The Morgan fingerprint density at radius 2 is 1.45 bits per heavy atom. The molecule has 172 valence electrons. The summed E-state index contributed by atoms with van der Waals surface area (Å²) in [5.74, 6) is -0.974. The minimum Gasteiger partial charge on any atom is -0.458 e. The van der Waals surface area contributed by atoms with E-state index in [0.29, 0.717) is 25.8 Å². The predicted octanol–water partition coefficient (Wildman–Crippen LogP) is 2.91. The number of rotatable bonds is 9. The van der Waals surface area contributed by atoms with E-state index in [1.807, 2.05) is 13.8 Å². The number of hydrogen-bond donors (Lipinski definition) is 3. The van der Waals surface area contributed by atoms with Crippen molar-refractivity contribution in [1.82, 2.24) is 10.6 Å². The van der Waals surface area contributed by atoms with Gasteiger partial charge in [-0.15, -0.1) is 12.4 Å². The number of ether oxygens (including phenoxy) is 2. The van der Waals surface area contributed by atoms with Crippen molar-refractivity contribution in [2.24, 2.45) is 11.7 Å². The first-order valence-corrected chi connectivity index (χ1v) is 9.88. The van der Waals surface area contributed by atoms with Crippen molar-refractivity contribution in [3.05, 3.63) is 0 Å². The fourth-order valence-corrected chi connectivity index (χ4v) is 2.25. The number of unbranched alkanes of at least 4 members (excludes halogenated alkanes) is 1. The van der Waals surface area contributed by atoms with Crippen molar-refractivity contribution in [1.29, 1.82) is 0 Å². The molecule has 29 heavy (non-hydrogen) atoms. The van der Waals surface area contributed by atoms with E-state index in [4.69, 9.17) is 15.2 Å². The number of halogens is 1. The Kier molecular flexibility index (Phi) is 13.2. The molecular formula is C20H40ClN3O5. The number of alkyl carbamates (subject to hydrolysis) is 1. The van der Waals surface area contributed by atoms with E-state index in [1.54, 1.807) is 41.5 Å². The van der Waals surface area contributed by atoms with Crippen molar-refractivity contribution < 1.29 is 23.9 Å². The van der Waals surface area contributed by atoms with Gasteiger partial charge < -0.3 is 25.8 Å². The predicted molar refractivity (Wildman–Crippen MR) is 116 cm³/mol. The van der Waals surface area contributed by atoms with Crippen molar-refractivity contribution in [2.45, 2.75) is 97.9 Å². The summed E-state index contributed by atoms with van der Waals surface area (Å²) in [6.45, 7) is 14.8. The van der Waals surface area contributed by atoms with Crippen molar-refractivity contribution in [3.8, 4) is 0 Å². The molecule has 2 atom stereocenters. The molecule has 0 unspecified atom stereocenters. The second-order valence-corrected chi connectivity index (χ2v) is 9.29. The van der Waals surface area contributed by atoms with E-state index in [0.717, 1.165) is 0 Å². The molecule has 0 saturated carbocycles. The van der Waals surface area contributed by atoms with E-state index in [9.17, 15) is 14.4 Å². The quantitative estimate of drug-likeness (QED) is 0.376. The van der Waals surface area contributed by atoms with Crippen LogP contribution in [0.4, 0.5) is 4.79 Å². The minimum absolute atomic E-state index is 0. The largest absolute Gasteiger partial charge is 0.458 e. The van der Waals surface area contributed by atoms with Crippen LogP contribution in [-0.2, 0) is 19.1 Å². The van der Waals surface area contributed by atoms with E-state index in [-0.39, 0.29) is 24.2 Å². The number of nitrogens with one attached hydrogen (secondary N) is 2. The first kappa shape index (κ1) is 29.7. The van der Waals surface area contributed by atoms with Gasteiger partial charge in [0.2, 0.25) is 5.91 Å². The zero-order chi connectivity index (χ0) is 22.1. The summed E-state index contributed by atoms with van der Waals surface area (Å²) in [6.07, 6.45) is 1.30. The van der Waals surface area contributed by atoms with E-state index >= 15 is 0 Å². The van der Waals surface area contributed by atoms with Crippen molar-refractivity contribution in [3.63, 3.8) is 0 Å². The SMILES string of the molecule is CC(C)[C@H](NC(=O)[C@@H](N)CCCCNC(=O)OC(C)(C)C)C(=O)OC(C)(C)C.Cl. The number of esters is 1. The van der Waals surface area contributed by atoms with Gasteiger partial charge >= 0.3 is 12.1 Å². The molecule has 0 spiro atoms. The molecule has 8 nitrogen and oxygen atoms in total. The van der Waals surface area contributed by atoms with Gasteiger partial charge in [-0.1, -0.05) is 13.8 Å². The van der Waals surface area contributed by atoms with Gasteiger partial charge in [0.05, 0.1) is 6.04 Å². The van der Waals surface area contributed by atoms with Crippen LogP contribution in [0.5, 0.6) is 0 Å². The summed E-state index contributed by atoms with van der Waals surface area (Å²) < 4.78 is 10.5. The van der Waals surface area contributed by atoms with Gasteiger partial charge in [0.15, 0.2) is 0 Å². The Morgan fingerprint density at radius 1 is 0.931 bits per heavy atom. The van der Waals surface area contributed by atoms with Crippen LogP contribution in [0.1, 0.15) is 74.7 Å². The van der Waals surface area contributed by atoms with Crippen LogP contribution in [0, 0.1) is 5.92 Å². The number of carbonyl (C=O) groups excluding carboxylic acids is 3. The molecule has 0 aromatic carbocycles. The smallest absolute Gasteiger partial charge is 0.407 e. The van der Waals surface area contributed by atoms with Crippen LogP contribution < -0.4 is 16.4 Å². The highest BCUT2D eigenvalue weighted by Crippen LogP contribution is 2.13. The molecule has 0 aliphatic heterocycles. The molecule has 0 aromatic rings. The topological polar surface area (TPSA) is 120 Å². The maximum absolute atomic E-state index is 12.3. The van der Waals surface area contributed by atoms with E-state index in [2.05, 4.69) is 10.6 Å². The fourth-order valence-electron chi connectivity index (χ4n) is 2.25. The van der Waals surface area contributed by atoms with Gasteiger partial charge in [-0.05, 0) is 66.7 Å². The molecular weight excluding hydrogens is 398 g/mol. The third-order valence-electron chi connectivity index (χ3n) is 3.57. The molecule has 0 bridgehead atoms. The van der Waals surface area contributed by atoms with Gasteiger partial charge in [-0.3, -0.25) is 4.79 Å². The number of nitrogens with two attached hydrogens (primary N) is 1. The molecule has 4 N–H and O–H groups in total. The lowest BCUT2D eigenvalue weighted by Gasteiger charge is -2.27. The average molecular weight is 438 g/mol. The summed E-state index contributed by atoms with van der Waals surface area (Å²) in [4.78, 5) is 36.2. The van der Waals surface area contributed by atoms with E-state index in [1.165, 1.54) is 0 Å². The first-order chi connectivity index (χ1) is 12.6. The van der Waals surface area contributed by atoms with Crippen LogP contribution in [-0.4, -0.2) is 47.8 Å². The summed E-state index contributed by atoms with van der Waals surface area (Å²) in [7, 11) is 0. The Labute approximate surface area is 181 Å². The Hall–Kier alpha value is -1.54. The summed E-state index contributed by atoms with van der Waals surface area (Å²) >= 11 is 0. The van der Waals surface area contributed by atoms with Gasteiger partial charge in [-0.25, -0.2) is 9.59 Å². The lowest BCUT2D eigenvalue weighted by Crippen LogP contribution is -2.52. The molecule has 0 heterocycles. The monoisotopic (exact) mass is 437 g/mol. The molecule has 0 radical (unpaired) electrons. The van der Waals surface area contributed by atoms with E-state index < -0.39 is 35.3 Å². The Bertz CT molecular complexity index is 527. The highest BCUT2D eigenvalue weighted by Gasteiger charge is 2.30. The highest BCUT2D eigenvalue weighted by atomic mass is 35.5. The summed E-state index contributed by atoms with van der Waals surface area (Å²) in [5.41, 5.74) is 4.78. The van der Waals surface area contributed by atoms with Gasteiger partial charge in [0, 0.05) is 6.54 Å². The molecule has 9 heteroatoms. The zero-order valence-corrected chi connectivity index (χ0v) is 19.9. The maximum atomic E-state index is 12.3. The van der Waals surface area contributed by atoms with Crippen molar-refractivity contribution >= 4 is 30.4 Å². The van der Waals surface area contributed by atoms with Crippen molar-refractivity contribution in [2.75, 3.05) is 6.54 Å². The maximum Gasteiger partial charge on any atom is 0.407 e.